The highest BCUT2D eigenvalue weighted by Crippen LogP contribution is 2.21. The van der Waals surface area contributed by atoms with Gasteiger partial charge in [0.05, 0.1) is 0 Å². The molecule has 0 aliphatic heterocycles. The van der Waals surface area contributed by atoms with Gasteiger partial charge in [-0.05, 0) is 29.5 Å². The van der Waals surface area contributed by atoms with Crippen LogP contribution in [-0.4, -0.2) is 11.1 Å². The van der Waals surface area contributed by atoms with Crippen molar-refractivity contribution >= 4 is 21.7 Å². The Kier molecular flexibility index (Phi) is 6.19. The van der Waals surface area contributed by atoms with E-state index in [4.69, 9.17) is 0 Å². The molecule has 0 aliphatic carbocycles. The molecule has 0 aromatic heterocycles. The first kappa shape index (κ1) is 16.0. The highest BCUT2D eigenvalue weighted by atomic mass is 79.9. The standard InChI is InChI=1S/C19H21BrO/c1-2-4-15-6-8-16(9-7-15)17-10-12-18(13-11-17)19(21)5-3-14-20/h6-13H,2-5,14H2,1H3. The van der Waals surface area contributed by atoms with Gasteiger partial charge in [-0.3, -0.25) is 4.79 Å². The van der Waals surface area contributed by atoms with Crippen LogP contribution in [0.1, 0.15) is 42.1 Å². The Balaban J connectivity index is 2.09. The summed E-state index contributed by atoms with van der Waals surface area (Å²) in [6, 6.07) is 16.6. The van der Waals surface area contributed by atoms with Gasteiger partial charge in [0.15, 0.2) is 5.78 Å². The van der Waals surface area contributed by atoms with Crippen LogP contribution in [0.25, 0.3) is 11.1 Å². The monoisotopic (exact) mass is 344 g/mol. The summed E-state index contributed by atoms with van der Waals surface area (Å²) in [5, 5.41) is 0.876. The number of Topliss-reactive ketones (excluding diaryl/α,β-unsaturated/α-hetero) is 1. The number of ketones is 1. The van der Waals surface area contributed by atoms with E-state index in [2.05, 4.69) is 47.1 Å². The summed E-state index contributed by atoms with van der Waals surface area (Å²) in [4.78, 5) is 11.9. The molecule has 21 heavy (non-hydrogen) atoms. The molecular weight excluding hydrogens is 324 g/mol. The number of rotatable bonds is 7. The summed E-state index contributed by atoms with van der Waals surface area (Å²) in [6.07, 6.45) is 3.79. The lowest BCUT2D eigenvalue weighted by Crippen LogP contribution is -1.98. The third kappa shape index (κ3) is 4.53. The summed E-state index contributed by atoms with van der Waals surface area (Å²) in [6.45, 7) is 2.19. The van der Waals surface area contributed by atoms with Crippen LogP contribution in [0.15, 0.2) is 48.5 Å². The quantitative estimate of drug-likeness (QED) is 0.467. The number of aryl methyl sites for hydroxylation is 1. The van der Waals surface area contributed by atoms with Crippen molar-refractivity contribution in [1.82, 2.24) is 0 Å². The SMILES string of the molecule is CCCc1ccc(-c2ccc(C(=O)CCCBr)cc2)cc1. The lowest BCUT2D eigenvalue weighted by molar-refractivity contribution is 0.0982. The van der Waals surface area contributed by atoms with Crippen molar-refractivity contribution in [2.24, 2.45) is 0 Å². The summed E-state index contributed by atoms with van der Waals surface area (Å²) in [7, 11) is 0. The van der Waals surface area contributed by atoms with Crippen molar-refractivity contribution in [3.05, 3.63) is 59.7 Å². The van der Waals surface area contributed by atoms with Gasteiger partial charge >= 0.3 is 0 Å². The van der Waals surface area contributed by atoms with E-state index in [1.54, 1.807) is 0 Å². The molecule has 0 saturated heterocycles. The number of alkyl halides is 1. The minimum Gasteiger partial charge on any atom is -0.294 e. The van der Waals surface area contributed by atoms with Crippen LogP contribution in [-0.2, 0) is 6.42 Å². The molecular formula is C19H21BrO. The zero-order valence-electron chi connectivity index (χ0n) is 12.4. The maximum Gasteiger partial charge on any atom is 0.162 e. The van der Waals surface area contributed by atoms with E-state index in [0.29, 0.717) is 6.42 Å². The number of carbonyl (C=O) groups excluding carboxylic acids is 1. The molecule has 0 radical (unpaired) electrons. The van der Waals surface area contributed by atoms with Gasteiger partial charge in [0, 0.05) is 17.3 Å². The molecule has 0 unspecified atom stereocenters. The molecule has 2 aromatic rings. The van der Waals surface area contributed by atoms with Crippen LogP contribution in [0.5, 0.6) is 0 Å². The molecule has 0 amide bonds. The van der Waals surface area contributed by atoms with Gasteiger partial charge in [0.25, 0.3) is 0 Å². The molecule has 2 heteroatoms. The Morgan fingerprint density at radius 1 is 0.952 bits per heavy atom. The van der Waals surface area contributed by atoms with Crippen molar-refractivity contribution < 1.29 is 4.79 Å². The number of halogens is 1. The summed E-state index contributed by atoms with van der Waals surface area (Å²) < 4.78 is 0. The van der Waals surface area contributed by atoms with Gasteiger partial charge < -0.3 is 0 Å². The Morgan fingerprint density at radius 2 is 1.52 bits per heavy atom. The third-order valence-corrected chi connectivity index (χ3v) is 4.13. The Bertz CT molecular complexity index is 570. The Morgan fingerprint density at radius 3 is 2.05 bits per heavy atom. The average Bonchev–Trinajstić information content (AvgIpc) is 2.54. The second-order valence-electron chi connectivity index (χ2n) is 5.24. The first-order valence-electron chi connectivity index (χ1n) is 7.53. The second-order valence-corrected chi connectivity index (χ2v) is 6.03. The van der Waals surface area contributed by atoms with E-state index < -0.39 is 0 Å². The predicted octanol–water partition coefficient (Wildman–Crippen LogP) is 5.66. The molecule has 2 aromatic carbocycles. The van der Waals surface area contributed by atoms with E-state index in [1.807, 2.05) is 24.3 Å². The van der Waals surface area contributed by atoms with Crippen LogP contribution in [0.2, 0.25) is 0 Å². The normalized spacial score (nSPS) is 10.6. The number of benzene rings is 2. The molecule has 2 rings (SSSR count). The largest absolute Gasteiger partial charge is 0.294 e. The van der Waals surface area contributed by atoms with Gasteiger partial charge in [-0.1, -0.05) is 77.8 Å². The fourth-order valence-corrected chi connectivity index (χ4v) is 2.65. The first-order valence-corrected chi connectivity index (χ1v) is 8.65. The maximum absolute atomic E-state index is 11.9. The second kappa shape index (κ2) is 8.14. The minimum atomic E-state index is 0.222. The van der Waals surface area contributed by atoms with Gasteiger partial charge in [-0.2, -0.15) is 0 Å². The Hall–Kier alpha value is -1.41. The molecule has 0 N–H and O–H groups in total. The topological polar surface area (TPSA) is 17.1 Å². The van der Waals surface area contributed by atoms with Crippen molar-refractivity contribution in [2.75, 3.05) is 5.33 Å². The molecule has 0 heterocycles. The van der Waals surface area contributed by atoms with E-state index in [1.165, 1.54) is 17.5 Å². The fourth-order valence-electron chi connectivity index (χ4n) is 2.37. The van der Waals surface area contributed by atoms with E-state index in [9.17, 15) is 4.79 Å². The molecule has 0 bridgehead atoms. The van der Waals surface area contributed by atoms with Gasteiger partial charge in [-0.15, -0.1) is 0 Å². The average molecular weight is 345 g/mol. The highest BCUT2D eigenvalue weighted by Gasteiger charge is 2.05. The predicted molar refractivity (Wildman–Crippen MR) is 93.2 cm³/mol. The van der Waals surface area contributed by atoms with Crippen molar-refractivity contribution in [3.63, 3.8) is 0 Å². The molecule has 0 spiro atoms. The van der Waals surface area contributed by atoms with Crippen LogP contribution in [0.3, 0.4) is 0 Å². The van der Waals surface area contributed by atoms with Crippen LogP contribution >= 0.6 is 15.9 Å². The van der Waals surface area contributed by atoms with Gasteiger partial charge in [0.2, 0.25) is 0 Å². The minimum absolute atomic E-state index is 0.222. The van der Waals surface area contributed by atoms with E-state index >= 15 is 0 Å². The lowest BCUT2D eigenvalue weighted by Gasteiger charge is -2.05. The molecule has 0 saturated carbocycles. The van der Waals surface area contributed by atoms with Crippen molar-refractivity contribution in [1.29, 1.82) is 0 Å². The highest BCUT2D eigenvalue weighted by molar-refractivity contribution is 9.09. The smallest absolute Gasteiger partial charge is 0.162 e. The number of hydrogen-bond donors (Lipinski definition) is 0. The van der Waals surface area contributed by atoms with E-state index in [0.717, 1.165) is 29.3 Å². The third-order valence-electron chi connectivity index (χ3n) is 3.57. The molecule has 1 nitrogen and oxygen atoms in total. The van der Waals surface area contributed by atoms with Crippen molar-refractivity contribution in [3.8, 4) is 11.1 Å². The van der Waals surface area contributed by atoms with Crippen molar-refractivity contribution in [2.45, 2.75) is 32.6 Å². The number of hydrogen-bond acceptors (Lipinski definition) is 1. The zero-order valence-corrected chi connectivity index (χ0v) is 14.0. The van der Waals surface area contributed by atoms with Crippen LogP contribution < -0.4 is 0 Å². The van der Waals surface area contributed by atoms with Crippen LogP contribution in [0.4, 0.5) is 0 Å². The summed E-state index contributed by atoms with van der Waals surface area (Å²) in [5.41, 5.74) is 4.55. The zero-order chi connectivity index (χ0) is 15.1. The summed E-state index contributed by atoms with van der Waals surface area (Å²) >= 11 is 3.36. The fraction of sp³-hybridized carbons (Fsp3) is 0.316. The van der Waals surface area contributed by atoms with Crippen LogP contribution in [0, 0.1) is 0 Å². The molecule has 0 atom stereocenters. The lowest BCUT2D eigenvalue weighted by atomic mass is 9.99. The molecule has 0 fully saturated rings. The molecule has 0 aliphatic rings. The van der Waals surface area contributed by atoms with Gasteiger partial charge in [-0.25, -0.2) is 0 Å². The van der Waals surface area contributed by atoms with Gasteiger partial charge in [0.1, 0.15) is 0 Å². The maximum atomic E-state index is 11.9. The number of carbonyl (C=O) groups is 1. The van der Waals surface area contributed by atoms with E-state index in [-0.39, 0.29) is 5.78 Å². The summed E-state index contributed by atoms with van der Waals surface area (Å²) in [5.74, 6) is 0.222. The first-order chi connectivity index (χ1) is 10.2. The Labute approximate surface area is 135 Å². The molecule has 110 valence electrons.